The predicted molar refractivity (Wildman–Crippen MR) is 94.5 cm³/mol. The van der Waals surface area contributed by atoms with Gasteiger partial charge in [-0.2, -0.15) is 0 Å². The van der Waals surface area contributed by atoms with Crippen molar-refractivity contribution in [2.24, 2.45) is 0 Å². The quantitative estimate of drug-likeness (QED) is 0.316. The Morgan fingerprint density at radius 3 is 2.78 bits per heavy atom. The maximum atomic E-state index is 12.1. The Balaban J connectivity index is 1.58. The molecule has 2 heterocycles. The van der Waals surface area contributed by atoms with Gasteiger partial charge in [0.1, 0.15) is 6.54 Å². The van der Waals surface area contributed by atoms with Crippen molar-refractivity contribution in [1.82, 2.24) is 4.98 Å². The summed E-state index contributed by atoms with van der Waals surface area (Å²) in [7, 11) is 0. The van der Waals surface area contributed by atoms with E-state index in [4.69, 9.17) is 9.47 Å². The minimum absolute atomic E-state index is 0.0540. The van der Waals surface area contributed by atoms with E-state index >= 15 is 0 Å². The molecular formula is C18H17N3O6. The zero-order chi connectivity index (χ0) is 19.2. The summed E-state index contributed by atoms with van der Waals surface area (Å²) in [6.07, 6.45) is 1.41. The molecule has 0 bridgehead atoms. The molecule has 0 saturated heterocycles. The van der Waals surface area contributed by atoms with Gasteiger partial charge in [0, 0.05) is 6.07 Å². The van der Waals surface area contributed by atoms with Crippen LogP contribution in [0.4, 0.5) is 11.6 Å². The minimum atomic E-state index is -0.681. The molecule has 0 N–H and O–H groups in total. The number of carbonyl (C=O) groups excluding carboxylic acids is 2. The molecule has 1 aromatic carbocycles. The standard InChI is InChI=1S/C18H17N3O6/c22-16-12-27-14-8-9-15(21(24)25)19-18(14)20(16)11-17(23)26-10-4-7-13-5-2-1-3-6-13/h1-3,5-6,8-9H,4,7,10-12H2. The van der Waals surface area contributed by atoms with Gasteiger partial charge in [-0.15, -0.1) is 0 Å². The van der Waals surface area contributed by atoms with Crippen LogP contribution < -0.4 is 9.64 Å². The number of carbonyl (C=O) groups is 2. The number of ether oxygens (including phenoxy) is 2. The third-order valence-corrected chi connectivity index (χ3v) is 3.92. The average molecular weight is 371 g/mol. The van der Waals surface area contributed by atoms with Crippen LogP contribution in [0.25, 0.3) is 0 Å². The summed E-state index contributed by atoms with van der Waals surface area (Å²) in [5.41, 5.74) is 1.14. The summed E-state index contributed by atoms with van der Waals surface area (Å²) in [6.45, 7) is -0.441. The Hall–Kier alpha value is -3.49. The molecule has 1 aliphatic rings. The highest BCUT2D eigenvalue weighted by Gasteiger charge is 2.33. The van der Waals surface area contributed by atoms with E-state index in [2.05, 4.69) is 4.98 Å². The number of amides is 1. The number of nitro groups is 1. The number of rotatable bonds is 7. The van der Waals surface area contributed by atoms with E-state index in [0.717, 1.165) is 16.9 Å². The molecule has 0 unspecified atom stereocenters. The van der Waals surface area contributed by atoms with Crippen LogP contribution in [0, 0.1) is 10.1 Å². The first kappa shape index (κ1) is 18.3. The first-order valence-corrected chi connectivity index (χ1v) is 8.33. The fourth-order valence-electron chi connectivity index (χ4n) is 2.61. The third-order valence-electron chi connectivity index (χ3n) is 3.92. The van der Waals surface area contributed by atoms with Crippen LogP contribution in [-0.4, -0.2) is 41.5 Å². The van der Waals surface area contributed by atoms with Gasteiger partial charge in [0.15, 0.2) is 12.4 Å². The summed E-state index contributed by atoms with van der Waals surface area (Å²) < 4.78 is 10.4. The highest BCUT2D eigenvalue weighted by Crippen LogP contribution is 2.31. The lowest BCUT2D eigenvalue weighted by atomic mass is 10.1. The molecule has 0 saturated carbocycles. The molecule has 0 spiro atoms. The van der Waals surface area contributed by atoms with Crippen LogP contribution in [0.15, 0.2) is 42.5 Å². The number of aromatic nitrogens is 1. The molecule has 0 atom stereocenters. The molecule has 1 amide bonds. The molecule has 3 rings (SSSR count). The molecule has 0 fully saturated rings. The Morgan fingerprint density at radius 2 is 2.04 bits per heavy atom. The number of benzene rings is 1. The van der Waals surface area contributed by atoms with Gasteiger partial charge in [-0.25, -0.2) is 0 Å². The van der Waals surface area contributed by atoms with Crippen LogP contribution in [0.1, 0.15) is 12.0 Å². The van der Waals surface area contributed by atoms with Gasteiger partial charge in [-0.1, -0.05) is 30.3 Å². The maximum absolute atomic E-state index is 12.1. The number of hydrogen-bond donors (Lipinski definition) is 0. The van der Waals surface area contributed by atoms with Crippen LogP contribution in [-0.2, 0) is 20.7 Å². The van der Waals surface area contributed by atoms with Crippen molar-refractivity contribution in [3.63, 3.8) is 0 Å². The Morgan fingerprint density at radius 1 is 1.26 bits per heavy atom. The zero-order valence-corrected chi connectivity index (χ0v) is 14.4. The number of anilines is 1. The number of esters is 1. The first-order valence-electron chi connectivity index (χ1n) is 8.33. The Bertz CT molecular complexity index is 855. The first-order chi connectivity index (χ1) is 13.0. The van der Waals surface area contributed by atoms with E-state index < -0.39 is 22.6 Å². The maximum Gasteiger partial charge on any atom is 0.366 e. The monoisotopic (exact) mass is 371 g/mol. The fraction of sp³-hybridized carbons (Fsp3) is 0.278. The van der Waals surface area contributed by atoms with Gasteiger partial charge >= 0.3 is 11.8 Å². The highest BCUT2D eigenvalue weighted by molar-refractivity contribution is 6.00. The van der Waals surface area contributed by atoms with Crippen molar-refractivity contribution in [1.29, 1.82) is 0 Å². The van der Waals surface area contributed by atoms with E-state index in [1.807, 2.05) is 30.3 Å². The fourth-order valence-corrected chi connectivity index (χ4v) is 2.61. The normalized spacial score (nSPS) is 12.9. The summed E-state index contributed by atoms with van der Waals surface area (Å²) in [5.74, 6) is -1.42. The second kappa shape index (κ2) is 8.26. The molecule has 1 aliphatic heterocycles. The molecule has 9 heteroatoms. The van der Waals surface area contributed by atoms with Crippen LogP contribution in [0.5, 0.6) is 5.75 Å². The molecule has 0 radical (unpaired) electrons. The van der Waals surface area contributed by atoms with Crippen molar-refractivity contribution in [3.8, 4) is 5.75 Å². The molecule has 0 aliphatic carbocycles. The summed E-state index contributed by atoms with van der Waals surface area (Å²) >= 11 is 0. The van der Waals surface area contributed by atoms with Crippen molar-refractivity contribution < 1.29 is 24.0 Å². The Labute approximate surface area is 154 Å². The van der Waals surface area contributed by atoms with E-state index in [0.29, 0.717) is 6.42 Å². The van der Waals surface area contributed by atoms with Crippen LogP contribution in [0.2, 0.25) is 0 Å². The number of nitrogens with zero attached hydrogens (tertiary/aromatic N) is 3. The van der Waals surface area contributed by atoms with Gasteiger partial charge in [-0.3, -0.25) is 14.5 Å². The van der Waals surface area contributed by atoms with Gasteiger partial charge < -0.3 is 19.6 Å². The number of pyridine rings is 1. The molecule has 27 heavy (non-hydrogen) atoms. The van der Waals surface area contributed by atoms with Crippen LogP contribution >= 0.6 is 0 Å². The lowest BCUT2D eigenvalue weighted by Crippen LogP contribution is -2.43. The molecule has 140 valence electrons. The van der Waals surface area contributed by atoms with Gasteiger partial charge in [-0.05, 0) is 34.4 Å². The summed E-state index contributed by atoms with van der Waals surface area (Å²) in [5, 5.41) is 10.9. The number of fused-ring (bicyclic) bond motifs is 1. The summed E-state index contributed by atoms with van der Waals surface area (Å²) in [4.78, 5) is 39.2. The third kappa shape index (κ3) is 4.57. The van der Waals surface area contributed by atoms with E-state index in [9.17, 15) is 19.7 Å². The molecular weight excluding hydrogens is 354 g/mol. The molecule has 9 nitrogen and oxygen atoms in total. The van der Waals surface area contributed by atoms with Crippen LogP contribution in [0.3, 0.4) is 0 Å². The van der Waals surface area contributed by atoms with Gasteiger partial charge in [0.25, 0.3) is 11.7 Å². The van der Waals surface area contributed by atoms with E-state index in [1.165, 1.54) is 12.1 Å². The largest absolute Gasteiger partial charge is 0.477 e. The second-order valence-electron chi connectivity index (χ2n) is 5.83. The second-order valence-corrected chi connectivity index (χ2v) is 5.83. The lowest BCUT2D eigenvalue weighted by molar-refractivity contribution is -0.389. The number of aryl methyl sites for hydroxylation is 1. The van der Waals surface area contributed by atoms with Gasteiger partial charge in [0.05, 0.1) is 6.61 Å². The molecule has 2 aromatic rings. The zero-order valence-electron chi connectivity index (χ0n) is 14.4. The van der Waals surface area contributed by atoms with Crippen molar-refractivity contribution >= 4 is 23.5 Å². The Kier molecular flexibility index (Phi) is 5.60. The lowest BCUT2D eigenvalue weighted by Gasteiger charge is -2.24. The predicted octanol–water partition coefficient (Wildman–Crippen LogP) is 1.89. The molecule has 1 aromatic heterocycles. The smallest absolute Gasteiger partial charge is 0.366 e. The van der Waals surface area contributed by atoms with E-state index in [-0.39, 0.29) is 31.3 Å². The summed E-state index contributed by atoms with van der Waals surface area (Å²) in [6, 6.07) is 12.3. The number of hydrogen-bond acceptors (Lipinski definition) is 7. The van der Waals surface area contributed by atoms with E-state index in [1.54, 1.807) is 0 Å². The SMILES string of the molecule is O=C(CN1C(=O)COc2ccc([N+](=O)[O-])nc21)OCCCc1ccccc1. The van der Waals surface area contributed by atoms with Gasteiger partial charge in [0.2, 0.25) is 0 Å². The highest BCUT2D eigenvalue weighted by atomic mass is 16.6. The topological polar surface area (TPSA) is 112 Å². The average Bonchev–Trinajstić information content (AvgIpc) is 2.68. The minimum Gasteiger partial charge on any atom is -0.477 e. The van der Waals surface area contributed by atoms with Crippen molar-refractivity contribution in [2.45, 2.75) is 12.8 Å². The van der Waals surface area contributed by atoms with Crippen molar-refractivity contribution in [3.05, 3.63) is 58.1 Å². The van der Waals surface area contributed by atoms with Crippen molar-refractivity contribution in [2.75, 3.05) is 24.7 Å².